The largest absolute Gasteiger partial charge is 0.481 e. The first-order chi connectivity index (χ1) is 13.8. The van der Waals surface area contributed by atoms with Gasteiger partial charge in [-0.3, -0.25) is 24.0 Å². The summed E-state index contributed by atoms with van der Waals surface area (Å²) in [5.41, 5.74) is 5.69. The highest BCUT2D eigenvalue weighted by atomic mass is 16.5. The van der Waals surface area contributed by atoms with Crippen molar-refractivity contribution in [3.05, 3.63) is 50.7 Å². The van der Waals surface area contributed by atoms with Gasteiger partial charge in [-0.2, -0.15) is 0 Å². The van der Waals surface area contributed by atoms with Crippen molar-refractivity contribution in [1.82, 2.24) is 9.55 Å². The number of anilines is 2. The summed E-state index contributed by atoms with van der Waals surface area (Å²) in [5, 5.41) is 0. The van der Waals surface area contributed by atoms with Crippen LogP contribution >= 0.6 is 0 Å². The molecule has 0 aliphatic carbocycles. The predicted octanol–water partition coefficient (Wildman–Crippen LogP) is 1.28. The number of aromatic amines is 1. The maximum Gasteiger partial charge on any atom is 0.330 e. The van der Waals surface area contributed by atoms with E-state index in [0.29, 0.717) is 18.7 Å². The number of nitrogens with one attached hydrogen (secondary N) is 1. The summed E-state index contributed by atoms with van der Waals surface area (Å²) in [6.45, 7) is 5.96. The molecule has 1 aromatic heterocycles. The monoisotopic (exact) mass is 404 g/mol. The molecule has 9 nitrogen and oxygen atoms in total. The zero-order valence-electron chi connectivity index (χ0n) is 17.2. The van der Waals surface area contributed by atoms with Crippen molar-refractivity contribution in [2.24, 2.45) is 0 Å². The lowest BCUT2D eigenvalue weighted by atomic mass is 10.2. The highest BCUT2D eigenvalue weighted by molar-refractivity contribution is 5.98. The lowest BCUT2D eigenvalue weighted by Gasteiger charge is -2.27. The normalized spacial score (nSPS) is 11.9. The van der Waals surface area contributed by atoms with Crippen LogP contribution in [0, 0.1) is 6.92 Å². The van der Waals surface area contributed by atoms with E-state index in [0.717, 1.165) is 5.56 Å². The third kappa shape index (κ3) is 5.26. The maximum atomic E-state index is 13.1. The van der Waals surface area contributed by atoms with Crippen LogP contribution in [-0.4, -0.2) is 41.8 Å². The topological polar surface area (TPSA) is 120 Å². The second kappa shape index (κ2) is 9.92. The Morgan fingerprint density at radius 2 is 2.07 bits per heavy atom. The minimum atomic E-state index is -0.890. The Kier molecular flexibility index (Phi) is 7.60. The molecule has 1 heterocycles. The average molecular weight is 404 g/mol. The number of ether oxygens (including phenoxy) is 2. The van der Waals surface area contributed by atoms with E-state index in [1.54, 1.807) is 13.0 Å². The number of nitrogens with zero attached hydrogens (tertiary/aromatic N) is 2. The molecule has 1 aromatic carbocycles. The van der Waals surface area contributed by atoms with Gasteiger partial charge in [-0.15, -0.1) is 0 Å². The third-order valence-electron chi connectivity index (χ3n) is 4.37. The van der Waals surface area contributed by atoms with Crippen LogP contribution in [0.25, 0.3) is 0 Å². The second-order valence-electron chi connectivity index (χ2n) is 6.70. The Morgan fingerprint density at radius 3 is 2.69 bits per heavy atom. The number of nitrogen functional groups attached to an aromatic ring is 1. The summed E-state index contributed by atoms with van der Waals surface area (Å²) in [5.74, 6) is 0.00522. The molecule has 1 atom stereocenters. The van der Waals surface area contributed by atoms with E-state index in [9.17, 15) is 14.4 Å². The number of H-pyrrole nitrogens is 1. The number of rotatable bonds is 9. The summed E-state index contributed by atoms with van der Waals surface area (Å²) < 4.78 is 12.1. The Morgan fingerprint density at radius 1 is 1.34 bits per heavy atom. The molecule has 158 valence electrons. The number of methoxy groups -OCH3 is 1. The van der Waals surface area contributed by atoms with Crippen LogP contribution in [0.3, 0.4) is 0 Å². The van der Waals surface area contributed by atoms with Crippen molar-refractivity contribution in [3.63, 3.8) is 0 Å². The summed E-state index contributed by atoms with van der Waals surface area (Å²) in [6, 6.07) is 7.31. The Balaban J connectivity index is 2.43. The van der Waals surface area contributed by atoms with Crippen LogP contribution in [0.15, 0.2) is 33.9 Å². The number of hydrogen-bond acceptors (Lipinski definition) is 6. The van der Waals surface area contributed by atoms with Crippen molar-refractivity contribution in [2.75, 3.05) is 30.9 Å². The van der Waals surface area contributed by atoms with E-state index < -0.39 is 23.3 Å². The number of benzene rings is 1. The molecule has 0 fully saturated rings. The van der Waals surface area contributed by atoms with Gasteiger partial charge in [0.1, 0.15) is 11.6 Å². The second-order valence-corrected chi connectivity index (χ2v) is 6.70. The molecule has 29 heavy (non-hydrogen) atoms. The Hall–Kier alpha value is -3.07. The molecule has 1 amide bonds. The minimum Gasteiger partial charge on any atom is -0.481 e. The summed E-state index contributed by atoms with van der Waals surface area (Å²) in [6.07, 6.45) is -0.256. The fourth-order valence-electron chi connectivity index (χ4n) is 2.96. The van der Waals surface area contributed by atoms with Crippen LogP contribution in [0.1, 0.15) is 25.8 Å². The van der Waals surface area contributed by atoms with Crippen molar-refractivity contribution in [1.29, 1.82) is 0 Å². The summed E-state index contributed by atoms with van der Waals surface area (Å²) >= 11 is 0. The van der Waals surface area contributed by atoms with Crippen molar-refractivity contribution >= 4 is 17.4 Å². The molecule has 0 bridgehead atoms. The average Bonchev–Trinajstić information content (AvgIpc) is 2.67. The zero-order valence-corrected chi connectivity index (χ0v) is 17.2. The van der Waals surface area contributed by atoms with E-state index in [4.69, 9.17) is 15.2 Å². The molecule has 0 spiro atoms. The van der Waals surface area contributed by atoms with Crippen LogP contribution in [0.2, 0.25) is 0 Å². The lowest BCUT2D eigenvalue weighted by molar-refractivity contribution is -0.124. The van der Waals surface area contributed by atoms with Gasteiger partial charge < -0.3 is 15.2 Å². The highest BCUT2D eigenvalue weighted by Crippen LogP contribution is 2.20. The van der Waals surface area contributed by atoms with Gasteiger partial charge in [0.25, 0.3) is 11.5 Å². The number of carbonyl (C=O) groups excluding carboxylic acids is 1. The van der Waals surface area contributed by atoms with Gasteiger partial charge in [-0.25, -0.2) is 4.79 Å². The fraction of sp³-hybridized carbons (Fsp3) is 0.450. The van der Waals surface area contributed by atoms with Gasteiger partial charge in [0, 0.05) is 20.2 Å². The number of carbonyl (C=O) groups is 1. The Bertz CT molecular complexity index is 966. The Labute approximate surface area is 169 Å². The fourth-order valence-corrected chi connectivity index (χ4v) is 2.96. The van der Waals surface area contributed by atoms with Crippen LogP contribution in [0.4, 0.5) is 11.5 Å². The molecule has 0 saturated heterocycles. The molecule has 0 saturated carbocycles. The molecule has 2 rings (SSSR count). The first kappa shape index (κ1) is 22.2. The van der Waals surface area contributed by atoms with E-state index in [2.05, 4.69) is 4.98 Å². The van der Waals surface area contributed by atoms with Crippen LogP contribution in [0.5, 0.6) is 5.75 Å². The van der Waals surface area contributed by atoms with Crippen LogP contribution in [-0.2, 0) is 16.1 Å². The van der Waals surface area contributed by atoms with Gasteiger partial charge in [-0.05, 0) is 38.0 Å². The molecule has 2 aromatic rings. The number of hydrogen-bond donors (Lipinski definition) is 2. The van der Waals surface area contributed by atoms with Crippen molar-refractivity contribution in [2.45, 2.75) is 39.8 Å². The number of nitrogens with two attached hydrogens (primary N) is 1. The standard InChI is InChI=1S/C20H28N4O5/c1-5-9-24-17(21)16(18(25)22-20(24)27)23(10-11-28-4)19(26)14(3)29-15-8-6-7-13(2)12-15/h6-8,12,14H,5,9-11,21H2,1-4H3,(H,22,25,27)/t14-/m0/s1. The number of amides is 1. The molecule has 0 aliphatic heterocycles. The van der Waals surface area contributed by atoms with E-state index in [1.165, 1.54) is 16.6 Å². The van der Waals surface area contributed by atoms with E-state index >= 15 is 0 Å². The smallest absolute Gasteiger partial charge is 0.330 e. The predicted molar refractivity (Wildman–Crippen MR) is 112 cm³/mol. The summed E-state index contributed by atoms with van der Waals surface area (Å²) in [4.78, 5) is 41.2. The molecule has 9 heteroatoms. The van der Waals surface area contributed by atoms with Gasteiger partial charge in [0.15, 0.2) is 11.8 Å². The maximum absolute atomic E-state index is 13.1. The van der Waals surface area contributed by atoms with Gasteiger partial charge in [0.05, 0.1) is 6.61 Å². The molecule has 0 radical (unpaired) electrons. The van der Waals surface area contributed by atoms with E-state index in [-0.39, 0.29) is 24.7 Å². The minimum absolute atomic E-state index is 0.0622. The number of aryl methyl sites for hydroxylation is 1. The first-order valence-electron chi connectivity index (χ1n) is 9.46. The first-order valence-corrected chi connectivity index (χ1v) is 9.46. The highest BCUT2D eigenvalue weighted by Gasteiger charge is 2.28. The quantitative estimate of drug-likeness (QED) is 0.650. The van der Waals surface area contributed by atoms with Crippen molar-refractivity contribution in [3.8, 4) is 5.75 Å². The lowest BCUT2D eigenvalue weighted by Crippen LogP contribution is -2.47. The molecular weight excluding hydrogens is 376 g/mol. The van der Waals surface area contributed by atoms with Crippen LogP contribution < -0.4 is 26.6 Å². The van der Waals surface area contributed by atoms with E-state index in [1.807, 2.05) is 32.0 Å². The van der Waals surface area contributed by atoms with Gasteiger partial charge in [-0.1, -0.05) is 19.1 Å². The molecule has 0 unspecified atom stereocenters. The third-order valence-corrected chi connectivity index (χ3v) is 4.37. The van der Waals surface area contributed by atoms with Gasteiger partial charge in [0.2, 0.25) is 0 Å². The molecular formula is C20H28N4O5. The molecule has 0 aliphatic rings. The van der Waals surface area contributed by atoms with Gasteiger partial charge >= 0.3 is 5.69 Å². The number of aromatic nitrogens is 2. The summed E-state index contributed by atoms with van der Waals surface area (Å²) in [7, 11) is 1.49. The van der Waals surface area contributed by atoms with Crippen molar-refractivity contribution < 1.29 is 14.3 Å². The SMILES string of the molecule is CCCn1c(N)c(N(CCOC)C(=O)[C@H](C)Oc2cccc(C)c2)c(=O)[nH]c1=O. The molecule has 3 N–H and O–H groups in total. The zero-order chi connectivity index (χ0) is 21.6.